The molecule has 144 valence electrons. The molecule has 0 saturated carbocycles. The van der Waals surface area contributed by atoms with Crippen LogP contribution in [0.1, 0.15) is 12.0 Å². The third-order valence-electron chi connectivity index (χ3n) is 5.00. The van der Waals surface area contributed by atoms with E-state index in [1.165, 1.54) is 10.9 Å². The molecule has 4 aromatic rings. The molecule has 0 aliphatic heterocycles. The molecule has 2 heterocycles. The highest BCUT2D eigenvalue weighted by atomic mass is 35.5. The van der Waals surface area contributed by atoms with Crippen molar-refractivity contribution >= 4 is 22.5 Å². The first-order valence-corrected chi connectivity index (χ1v) is 9.99. The van der Waals surface area contributed by atoms with Gasteiger partial charge in [-0.05, 0) is 63.0 Å². The molecule has 2 aromatic heterocycles. The molecule has 0 fully saturated rings. The minimum Gasteiger partial charge on any atom is -0.343 e. The summed E-state index contributed by atoms with van der Waals surface area (Å²) >= 11 is 6.33. The van der Waals surface area contributed by atoms with E-state index in [0.717, 1.165) is 47.9 Å². The lowest BCUT2D eigenvalue weighted by molar-refractivity contribution is 0.381. The van der Waals surface area contributed by atoms with Crippen molar-refractivity contribution in [2.24, 2.45) is 0 Å². The molecule has 4 nitrogen and oxygen atoms in total. The zero-order valence-corrected chi connectivity index (χ0v) is 17.1. The Hall–Kier alpha value is -2.56. The summed E-state index contributed by atoms with van der Waals surface area (Å²) in [6.45, 7) is 2.78. The maximum Gasteiger partial charge on any atom is 0.0923 e. The Morgan fingerprint density at radius 3 is 2.68 bits per heavy atom. The van der Waals surface area contributed by atoms with Crippen LogP contribution in [0.25, 0.3) is 22.2 Å². The minimum atomic E-state index is 0.767. The number of aromatic nitrogens is 3. The number of hydrogen-bond donors (Lipinski definition) is 0. The van der Waals surface area contributed by atoms with E-state index in [2.05, 4.69) is 72.4 Å². The van der Waals surface area contributed by atoms with Crippen molar-refractivity contribution in [2.75, 3.05) is 20.6 Å². The molecule has 0 unspecified atom stereocenters. The van der Waals surface area contributed by atoms with Crippen molar-refractivity contribution in [2.45, 2.75) is 19.5 Å². The van der Waals surface area contributed by atoms with Gasteiger partial charge in [0.2, 0.25) is 0 Å². The zero-order valence-electron chi connectivity index (χ0n) is 16.3. The molecule has 0 N–H and O–H groups in total. The highest BCUT2D eigenvalue weighted by molar-refractivity contribution is 6.31. The van der Waals surface area contributed by atoms with Crippen LogP contribution in [0.5, 0.6) is 0 Å². The summed E-state index contributed by atoms with van der Waals surface area (Å²) in [5.74, 6) is 0. The monoisotopic (exact) mass is 392 g/mol. The maximum atomic E-state index is 6.33. The predicted octanol–water partition coefficient (Wildman–Crippen LogP) is 5.16. The normalized spacial score (nSPS) is 11.6. The average molecular weight is 393 g/mol. The first-order chi connectivity index (χ1) is 13.6. The van der Waals surface area contributed by atoms with Crippen LogP contribution in [0.15, 0.2) is 67.0 Å². The van der Waals surface area contributed by atoms with Gasteiger partial charge in [0.1, 0.15) is 0 Å². The van der Waals surface area contributed by atoms with Gasteiger partial charge in [-0.3, -0.25) is 4.68 Å². The van der Waals surface area contributed by atoms with Crippen LogP contribution in [0.3, 0.4) is 0 Å². The van der Waals surface area contributed by atoms with Crippen molar-refractivity contribution in [3.8, 4) is 11.3 Å². The van der Waals surface area contributed by atoms with Gasteiger partial charge in [0.25, 0.3) is 0 Å². The number of fused-ring (bicyclic) bond motifs is 1. The van der Waals surface area contributed by atoms with Gasteiger partial charge >= 0.3 is 0 Å². The molecule has 0 aliphatic carbocycles. The van der Waals surface area contributed by atoms with Crippen molar-refractivity contribution < 1.29 is 0 Å². The third-order valence-corrected chi connectivity index (χ3v) is 5.37. The summed E-state index contributed by atoms with van der Waals surface area (Å²) in [5, 5.41) is 6.77. The highest BCUT2D eigenvalue weighted by Gasteiger charge is 2.08. The Balaban J connectivity index is 1.53. The second kappa shape index (κ2) is 8.21. The van der Waals surface area contributed by atoms with E-state index in [4.69, 9.17) is 16.7 Å². The van der Waals surface area contributed by atoms with E-state index in [1.807, 2.05) is 22.9 Å². The number of hydrogen-bond acceptors (Lipinski definition) is 2. The molecule has 0 bridgehead atoms. The van der Waals surface area contributed by atoms with E-state index in [0.29, 0.717) is 0 Å². The molecule has 28 heavy (non-hydrogen) atoms. The van der Waals surface area contributed by atoms with Crippen molar-refractivity contribution in [3.63, 3.8) is 0 Å². The number of benzene rings is 2. The summed E-state index contributed by atoms with van der Waals surface area (Å²) in [6.07, 6.45) is 5.29. The lowest BCUT2D eigenvalue weighted by Crippen LogP contribution is -2.15. The Morgan fingerprint density at radius 2 is 1.86 bits per heavy atom. The molecular formula is C23H25ClN4. The lowest BCUT2D eigenvalue weighted by atomic mass is 10.1. The van der Waals surface area contributed by atoms with Crippen LogP contribution in [-0.4, -0.2) is 39.9 Å². The maximum absolute atomic E-state index is 6.33. The summed E-state index contributed by atoms with van der Waals surface area (Å²) in [6, 6.07) is 18.8. The molecule has 4 rings (SSSR count). The third kappa shape index (κ3) is 4.13. The SMILES string of the molecule is CN(C)CCCn1ccc(-c2ccc3c(ccn3Cc3ccccc3Cl)c2)n1. The standard InChI is InChI=1S/C23H25ClN4/c1-26(2)12-5-13-28-15-11-22(25-28)18-8-9-23-19(16-18)10-14-27(23)17-20-6-3-4-7-21(20)24/h3-4,6-11,14-16H,5,12-13,17H2,1-2H3. The summed E-state index contributed by atoms with van der Waals surface area (Å²) in [5.41, 5.74) is 4.50. The van der Waals surface area contributed by atoms with Gasteiger partial charge in [-0.15, -0.1) is 0 Å². The fourth-order valence-electron chi connectivity index (χ4n) is 3.50. The Morgan fingerprint density at radius 1 is 1.00 bits per heavy atom. The second-order valence-corrected chi connectivity index (χ2v) is 7.84. The summed E-state index contributed by atoms with van der Waals surface area (Å²) < 4.78 is 4.27. The smallest absolute Gasteiger partial charge is 0.0923 e. The summed E-state index contributed by atoms with van der Waals surface area (Å²) in [7, 11) is 4.20. The Kier molecular flexibility index (Phi) is 5.51. The lowest BCUT2D eigenvalue weighted by Gasteiger charge is -2.09. The Labute approximate surface area is 171 Å². The largest absolute Gasteiger partial charge is 0.343 e. The quantitative estimate of drug-likeness (QED) is 0.434. The first-order valence-electron chi connectivity index (χ1n) is 9.61. The van der Waals surface area contributed by atoms with E-state index in [-0.39, 0.29) is 0 Å². The first kappa shape index (κ1) is 18.8. The van der Waals surface area contributed by atoms with E-state index in [9.17, 15) is 0 Å². The number of aryl methyl sites for hydroxylation is 1. The van der Waals surface area contributed by atoms with Gasteiger partial charge in [-0.25, -0.2) is 0 Å². The molecule has 0 amide bonds. The van der Waals surface area contributed by atoms with Crippen molar-refractivity contribution in [1.29, 1.82) is 0 Å². The number of halogens is 1. The van der Waals surface area contributed by atoms with Crippen LogP contribution in [0.2, 0.25) is 5.02 Å². The average Bonchev–Trinajstić information content (AvgIpc) is 3.30. The summed E-state index contributed by atoms with van der Waals surface area (Å²) in [4.78, 5) is 2.20. The van der Waals surface area contributed by atoms with Gasteiger partial charge in [0, 0.05) is 47.0 Å². The van der Waals surface area contributed by atoms with Crippen molar-refractivity contribution in [1.82, 2.24) is 19.2 Å². The molecule has 0 aliphatic rings. The molecule has 0 spiro atoms. The van der Waals surface area contributed by atoms with E-state index < -0.39 is 0 Å². The van der Waals surface area contributed by atoms with Crippen molar-refractivity contribution in [3.05, 3.63) is 77.6 Å². The molecule has 0 saturated heterocycles. The fourth-order valence-corrected chi connectivity index (χ4v) is 3.69. The molecule has 2 aromatic carbocycles. The van der Waals surface area contributed by atoms with Gasteiger partial charge in [0.15, 0.2) is 0 Å². The Bertz CT molecular complexity index is 1080. The molecule has 5 heteroatoms. The van der Waals surface area contributed by atoms with Crippen LogP contribution in [0, 0.1) is 0 Å². The van der Waals surface area contributed by atoms with Crippen LogP contribution in [-0.2, 0) is 13.1 Å². The zero-order chi connectivity index (χ0) is 19.5. The van der Waals surface area contributed by atoms with Gasteiger partial charge in [-0.2, -0.15) is 5.10 Å². The number of rotatable bonds is 7. The highest BCUT2D eigenvalue weighted by Crippen LogP contribution is 2.26. The molecule has 0 atom stereocenters. The van der Waals surface area contributed by atoms with Gasteiger partial charge in [0.05, 0.1) is 5.69 Å². The molecule has 0 radical (unpaired) electrons. The van der Waals surface area contributed by atoms with E-state index in [1.54, 1.807) is 0 Å². The van der Waals surface area contributed by atoms with Crippen LogP contribution in [0.4, 0.5) is 0 Å². The minimum absolute atomic E-state index is 0.767. The van der Waals surface area contributed by atoms with Gasteiger partial charge < -0.3 is 9.47 Å². The van der Waals surface area contributed by atoms with E-state index >= 15 is 0 Å². The van der Waals surface area contributed by atoms with Crippen LogP contribution >= 0.6 is 11.6 Å². The van der Waals surface area contributed by atoms with Gasteiger partial charge in [-0.1, -0.05) is 35.9 Å². The van der Waals surface area contributed by atoms with Crippen LogP contribution < -0.4 is 0 Å². The predicted molar refractivity (Wildman–Crippen MR) is 117 cm³/mol. The number of nitrogens with zero attached hydrogens (tertiary/aromatic N) is 4. The molecular weight excluding hydrogens is 368 g/mol. The fraction of sp³-hybridized carbons (Fsp3) is 0.261. The topological polar surface area (TPSA) is 26.0 Å². The second-order valence-electron chi connectivity index (χ2n) is 7.43.